The van der Waals surface area contributed by atoms with Crippen molar-refractivity contribution in [2.45, 2.75) is 6.42 Å². The van der Waals surface area contributed by atoms with Crippen LogP contribution in [-0.2, 0) is 14.3 Å². The van der Waals surface area contributed by atoms with Gasteiger partial charge in [0.2, 0.25) is 5.91 Å². The molecule has 6 nitrogen and oxygen atoms in total. The van der Waals surface area contributed by atoms with E-state index >= 15 is 0 Å². The third-order valence-electron chi connectivity index (χ3n) is 2.24. The second-order valence-electron chi connectivity index (χ2n) is 3.69. The molecule has 0 rings (SSSR count). The topological polar surface area (TPSA) is 71.0 Å². The first-order valence-corrected chi connectivity index (χ1v) is 5.82. The van der Waals surface area contributed by atoms with E-state index in [2.05, 4.69) is 5.32 Å². The van der Waals surface area contributed by atoms with Gasteiger partial charge in [-0.3, -0.25) is 9.69 Å². The summed E-state index contributed by atoms with van der Waals surface area (Å²) in [5, 5.41) is 11.2. The third-order valence-corrected chi connectivity index (χ3v) is 2.24. The van der Waals surface area contributed by atoms with Gasteiger partial charge in [0.1, 0.15) is 0 Å². The van der Waals surface area contributed by atoms with E-state index in [9.17, 15) is 4.79 Å². The Morgan fingerprint density at radius 2 is 1.94 bits per heavy atom. The number of carbonyl (C=O) groups excluding carboxylic acids is 1. The smallest absolute Gasteiger partial charge is 0.234 e. The molecular formula is C11H24N2O4. The normalized spacial score (nSPS) is 10.8. The lowest BCUT2D eigenvalue weighted by Crippen LogP contribution is -2.40. The molecule has 6 heteroatoms. The van der Waals surface area contributed by atoms with E-state index in [-0.39, 0.29) is 12.5 Å². The molecule has 0 saturated carbocycles. The quantitative estimate of drug-likeness (QED) is 0.463. The maximum Gasteiger partial charge on any atom is 0.234 e. The number of amides is 1. The van der Waals surface area contributed by atoms with Crippen LogP contribution in [0.15, 0.2) is 0 Å². The number of nitrogens with zero attached hydrogens (tertiary/aromatic N) is 1. The number of hydrogen-bond donors (Lipinski definition) is 2. The van der Waals surface area contributed by atoms with Crippen LogP contribution in [0.1, 0.15) is 6.42 Å². The van der Waals surface area contributed by atoms with Gasteiger partial charge in [0.25, 0.3) is 0 Å². The Kier molecular flexibility index (Phi) is 11.3. The van der Waals surface area contributed by atoms with Crippen molar-refractivity contribution in [2.75, 3.05) is 60.2 Å². The van der Waals surface area contributed by atoms with Crippen molar-refractivity contribution >= 4 is 5.91 Å². The minimum atomic E-state index is -0.0763. The second kappa shape index (κ2) is 11.8. The highest BCUT2D eigenvalue weighted by Gasteiger charge is 2.09. The molecule has 0 aromatic carbocycles. The lowest BCUT2D eigenvalue weighted by Gasteiger charge is -2.21. The molecular weight excluding hydrogens is 224 g/mol. The average Bonchev–Trinajstić information content (AvgIpc) is 2.33. The van der Waals surface area contributed by atoms with Crippen molar-refractivity contribution < 1.29 is 19.4 Å². The molecule has 0 aliphatic heterocycles. The minimum Gasteiger partial charge on any atom is -0.395 e. The Labute approximate surface area is 103 Å². The lowest BCUT2D eigenvalue weighted by atomic mass is 10.3. The van der Waals surface area contributed by atoms with E-state index in [4.69, 9.17) is 14.6 Å². The monoisotopic (exact) mass is 248 g/mol. The van der Waals surface area contributed by atoms with Crippen molar-refractivity contribution in [3.63, 3.8) is 0 Å². The van der Waals surface area contributed by atoms with Gasteiger partial charge in [-0.2, -0.15) is 0 Å². The first kappa shape index (κ1) is 16.3. The minimum absolute atomic E-state index is 0.0342. The first-order valence-electron chi connectivity index (χ1n) is 5.82. The zero-order valence-electron chi connectivity index (χ0n) is 10.8. The molecule has 0 aliphatic rings. The van der Waals surface area contributed by atoms with E-state index in [1.807, 2.05) is 4.90 Å². The van der Waals surface area contributed by atoms with Crippen LogP contribution in [-0.4, -0.2) is 76.1 Å². The van der Waals surface area contributed by atoms with Gasteiger partial charge >= 0.3 is 0 Å². The van der Waals surface area contributed by atoms with Crippen LogP contribution < -0.4 is 5.32 Å². The molecule has 0 aliphatic carbocycles. The predicted molar refractivity (Wildman–Crippen MR) is 64.9 cm³/mol. The molecule has 0 atom stereocenters. The Morgan fingerprint density at radius 3 is 2.53 bits per heavy atom. The highest BCUT2D eigenvalue weighted by atomic mass is 16.5. The summed E-state index contributed by atoms with van der Waals surface area (Å²) in [4.78, 5) is 13.5. The molecule has 102 valence electrons. The van der Waals surface area contributed by atoms with Crippen molar-refractivity contribution in [2.24, 2.45) is 0 Å². The number of carbonyl (C=O) groups is 1. The van der Waals surface area contributed by atoms with Crippen molar-refractivity contribution in [3.05, 3.63) is 0 Å². The third kappa shape index (κ3) is 10.2. The number of rotatable bonds is 11. The van der Waals surface area contributed by atoms with Gasteiger partial charge in [-0.25, -0.2) is 0 Å². The molecule has 0 fully saturated rings. The van der Waals surface area contributed by atoms with Crippen LogP contribution in [0.3, 0.4) is 0 Å². The number of methoxy groups -OCH3 is 2. The van der Waals surface area contributed by atoms with Crippen LogP contribution in [0.4, 0.5) is 0 Å². The van der Waals surface area contributed by atoms with E-state index in [0.29, 0.717) is 32.8 Å². The molecule has 2 N–H and O–H groups in total. The number of aliphatic hydroxyl groups excluding tert-OH is 1. The molecule has 0 bridgehead atoms. The molecule has 1 amide bonds. The first-order chi connectivity index (χ1) is 8.24. The van der Waals surface area contributed by atoms with Crippen LogP contribution in [0.2, 0.25) is 0 Å². The van der Waals surface area contributed by atoms with E-state index in [0.717, 1.165) is 13.0 Å². The van der Waals surface area contributed by atoms with E-state index in [1.165, 1.54) is 0 Å². The van der Waals surface area contributed by atoms with Gasteiger partial charge in [-0.05, 0) is 6.42 Å². The zero-order valence-corrected chi connectivity index (χ0v) is 10.8. The molecule has 0 radical (unpaired) electrons. The molecule has 0 heterocycles. The Bertz CT molecular complexity index is 190. The van der Waals surface area contributed by atoms with Crippen molar-refractivity contribution in [3.8, 4) is 0 Å². The van der Waals surface area contributed by atoms with E-state index in [1.54, 1.807) is 14.2 Å². The van der Waals surface area contributed by atoms with Crippen LogP contribution in [0.5, 0.6) is 0 Å². The summed E-state index contributed by atoms with van der Waals surface area (Å²) in [6.45, 7) is 3.38. The summed E-state index contributed by atoms with van der Waals surface area (Å²) in [7, 11) is 3.30. The van der Waals surface area contributed by atoms with Gasteiger partial charge in [-0.1, -0.05) is 0 Å². The Hall–Kier alpha value is -0.690. The summed E-state index contributed by atoms with van der Waals surface area (Å²) < 4.78 is 9.97. The zero-order chi connectivity index (χ0) is 12.9. The largest absolute Gasteiger partial charge is 0.395 e. The molecule has 17 heavy (non-hydrogen) atoms. The standard InChI is InChI=1S/C11H24N2O4/c1-16-8-3-5-13(6-9-17-2)10-11(15)12-4-7-14/h14H,3-10H2,1-2H3,(H,12,15). The fourth-order valence-corrected chi connectivity index (χ4v) is 1.38. The van der Waals surface area contributed by atoms with Crippen molar-refractivity contribution in [1.82, 2.24) is 10.2 Å². The second-order valence-corrected chi connectivity index (χ2v) is 3.69. The van der Waals surface area contributed by atoms with Crippen LogP contribution >= 0.6 is 0 Å². The van der Waals surface area contributed by atoms with Crippen LogP contribution in [0.25, 0.3) is 0 Å². The summed E-state index contributed by atoms with van der Waals surface area (Å²) in [6.07, 6.45) is 0.882. The summed E-state index contributed by atoms with van der Waals surface area (Å²) in [5.41, 5.74) is 0. The highest BCUT2D eigenvalue weighted by Crippen LogP contribution is 1.92. The number of nitrogens with one attached hydrogen (secondary N) is 1. The summed E-state index contributed by atoms with van der Waals surface area (Å²) in [5.74, 6) is -0.0763. The predicted octanol–water partition coefficient (Wildman–Crippen LogP) is -0.920. The van der Waals surface area contributed by atoms with Crippen molar-refractivity contribution in [1.29, 1.82) is 0 Å². The highest BCUT2D eigenvalue weighted by molar-refractivity contribution is 5.77. The molecule has 0 aromatic rings. The fraction of sp³-hybridized carbons (Fsp3) is 0.909. The summed E-state index contributed by atoms with van der Waals surface area (Å²) >= 11 is 0. The van der Waals surface area contributed by atoms with Gasteiger partial charge in [0.05, 0.1) is 19.8 Å². The van der Waals surface area contributed by atoms with Gasteiger partial charge in [0.15, 0.2) is 0 Å². The van der Waals surface area contributed by atoms with Crippen LogP contribution in [0, 0.1) is 0 Å². The Balaban J connectivity index is 3.85. The van der Waals surface area contributed by atoms with E-state index < -0.39 is 0 Å². The SMILES string of the molecule is COCCCN(CCOC)CC(=O)NCCO. The summed E-state index contributed by atoms with van der Waals surface area (Å²) in [6, 6.07) is 0. The molecule has 0 saturated heterocycles. The molecule has 0 unspecified atom stereocenters. The fourth-order valence-electron chi connectivity index (χ4n) is 1.38. The van der Waals surface area contributed by atoms with Gasteiger partial charge in [0, 0.05) is 40.5 Å². The average molecular weight is 248 g/mol. The van der Waals surface area contributed by atoms with Gasteiger partial charge in [-0.15, -0.1) is 0 Å². The number of ether oxygens (including phenoxy) is 2. The molecule has 0 spiro atoms. The Morgan fingerprint density at radius 1 is 1.24 bits per heavy atom. The molecule has 0 aromatic heterocycles. The lowest BCUT2D eigenvalue weighted by molar-refractivity contribution is -0.122. The van der Waals surface area contributed by atoms with Gasteiger partial charge < -0.3 is 19.9 Å². The number of aliphatic hydroxyl groups is 1. The maximum absolute atomic E-state index is 11.5. The number of hydrogen-bond acceptors (Lipinski definition) is 5. The maximum atomic E-state index is 11.5.